The molecule has 0 radical (unpaired) electrons. The van der Waals surface area contributed by atoms with Gasteiger partial charge in [-0.05, 0) is 35.7 Å². The first kappa shape index (κ1) is 17.5. The summed E-state index contributed by atoms with van der Waals surface area (Å²) in [5, 5.41) is 5.25. The lowest BCUT2D eigenvalue weighted by molar-refractivity contribution is -0.892. The predicted molar refractivity (Wildman–Crippen MR) is 107 cm³/mol. The van der Waals surface area contributed by atoms with E-state index in [-0.39, 0.29) is 11.7 Å². The average molecular weight is 364 g/mol. The first-order valence-electron chi connectivity index (χ1n) is 9.31. The summed E-state index contributed by atoms with van der Waals surface area (Å²) < 4.78 is 13.1. The van der Waals surface area contributed by atoms with E-state index in [1.807, 2.05) is 54.6 Å². The second kappa shape index (κ2) is 7.76. The van der Waals surface area contributed by atoms with Gasteiger partial charge in [0, 0.05) is 16.8 Å². The Hall–Kier alpha value is -2.92. The van der Waals surface area contributed by atoms with E-state index in [2.05, 4.69) is 10.2 Å². The molecule has 1 aliphatic rings. The Morgan fingerprint density at radius 3 is 2.44 bits per heavy atom. The van der Waals surface area contributed by atoms with E-state index in [0.717, 1.165) is 48.3 Å². The molecule has 0 spiro atoms. The lowest BCUT2D eigenvalue weighted by atomic mass is 10.1. The highest BCUT2D eigenvalue weighted by atomic mass is 19.1. The zero-order valence-corrected chi connectivity index (χ0v) is 15.1. The minimum atomic E-state index is -0.215. The Morgan fingerprint density at radius 2 is 1.67 bits per heavy atom. The second-order valence-corrected chi connectivity index (χ2v) is 6.97. The van der Waals surface area contributed by atoms with Gasteiger partial charge in [-0.15, -0.1) is 0 Å². The van der Waals surface area contributed by atoms with E-state index >= 15 is 0 Å². The standard InChI is InChI=1S/C22H22FN3O/c23-18-8-10-19(11-9-18)26-14-12-25(13-15-26)16-22(27)24-21-7-3-5-17-4-1-2-6-20(17)21/h1-11H,12-16H2,(H,24,27)/p+1. The van der Waals surface area contributed by atoms with Crippen LogP contribution in [0.3, 0.4) is 0 Å². The van der Waals surface area contributed by atoms with Crippen molar-refractivity contribution in [3.8, 4) is 0 Å². The number of hydrogen-bond acceptors (Lipinski definition) is 2. The minimum absolute atomic E-state index is 0.0385. The Morgan fingerprint density at radius 1 is 0.963 bits per heavy atom. The number of amides is 1. The van der Waals surface area contributed by atoms with Gasteiger partial charge in [0.25, 0.3) is 5.91 Å². The van der Waals surface area contributed by atoms with Gasteiger partial charge in [0.1, 0.15) is 5.82 Å². The van der Waals surface area contributed by atoms with E-state index in [0.29, 0.717) is 6.54 Å². The molecule has 1 heterocycles. The first-order chi connectivity index (χ1) is 13.2. The van der Waals surface area contributed by atoms with Crippen molar-refractivity contribution in [3.05, 3.63) is 72.5 Å². The molecule has 0 atom stereocenters. The van der Waals surface area contributed by atoms with Gasteiger partial charge in [0.2, 0.25) is 0 Å². The van der Waals surface area contributed by atoms with E-state index in [9.17, 15) is 9.18 Å². The van der Waals surface area contributed by atoms with Crippen molar-refractivity contribution in [1.29, 1.82) is 0 Å². The lowest BCUT2D eigenvalue weighted by Gasteiger charge is -2.33. The fourth-order valence-electron chi connectivity index (χ4n) is 3.67. The maximum atomic E-state index is 13.1. The SMILES string of the molecule is O=C(C[NH+]1CCN(c2ccc(F)cc2)CC1)Nc1cccc2ccccc12. The van der Waals surface area contributed by atoms with E-state index < -0.39 is 0 Å². The van der Waals surface area contributed by atoms with Crippen molar-refractivity contribution >= 4 is 28.1 Å². The zero-order valence-electron chi connectivity index (χ0n) is 15.1. The number of benzene rings is 3. The molecule has 3 aromatic rings. The highest BCUT2D eigenvalue weighted by Gasteiger charge is 2.22. The predicted octanol–water partition coefficient (Wildman–Crippen LogP) is 2.32. The number of hydrogen-bond donors (Lipinski definition) is 2. The highest BCUT2D eigenvalue weighted by molar-refractivity contribution is 6.02. The molecule has 4 nitrogen and oxygen atoms in total. The van der Waals surface area contributed by atoms with Crippen molar-refractivity contribution in [2.75, 3.05) is 42.9 Å². The van der Waals surface area contributed by atoms with Crippen molar-refractivity contribution in [2.24, 2.45) is 0 Å². The molecule has 1 amide bonds. The normalized spacial score (nSPS) is 15.1. The summed E-state index contributed by atoms with van der Waals surface area (Å²) in [5.74, 6) is -0.176. The average Bonchev–Trinajstić information content (AvgIpc) is 2.69. The molecule has 1 aliphatic heterocycles. The molecule has 27 heavy (non-hydrogen) atoms. The van der Waals surface area contributed by atoms with Crippen LogP contribution >= 0.6 is 0 Å². The fourth-order valence-corrected chi connectivity index (χ4v) is 3.67. The number of nitrogens with zero attached hydrogens (tertiary/aromatic N) is 1. The fraction of sp³-hybridized carbons (Fsp3) is 0.227. The first-order valence-corrected chi connectivity index (χ1v) is 9.31. The Balaban J connectivity index is 1.33. The summed E-state index contributed by atoms with van der Waals surface area (Å²) in [5.41, 5.74) is 1.90. The molecule has 0 bridgehead atoms. The molecule has 0 saturated carbocycles. The van der Waals surface area contributed by atoms with Crippen molar-refractivity contribution in [2.45, 2.75) is 0 Å². The zero-order chi connectivity index (χ0) is 18.6. The third-order valence-electron chi connectivity index (χ3n) is 5.14. The molecule has 4 rings (SSSR count). The van der Waals surface area contributed by atoms with Gasteiger partial charge in [-0.3, -0.25) is 4.79 Å². The lowest BCUT2D eigenvalue weighted by Crippen LogP contribution is -3.15. The molecular formula is C22H23FN3O+. The van der Waals surface area contributed by atoms with Crippen LogP contribution in [0.4, 0.5) is 15.8 Å². The smallest absolute Gasteiger partial charge is 0.279 e. The number of piperazine rings is 1. The number of carbonyl (C=O) groups is 1. The van der Waals surface area contributed by atoms with Crippen LogP contribution in [0, 0.1) is 5.82 Å². The van der Waals surface area contributed by atoms with Crippen molar-refractivity contribution in [1.82, 2.24) is 0 Å². The molecule has 0 unspecified atom stereocenters. The van der Waals surface area contributed by atoms with Crippen LogP contribution in [0.15, 0.2) is 66.7 Å². The van der Waals surface area contributed by atoms with Crippen molar-refractivity contribution in [3.63, 3.8) is 0 Å². The summed E-state index contributed by atoms with van der Waals surface area (Å²) in [6, 6.07) is 20.6. The number of halogens is 1. The van der Waals surface area contributed by atoms with Crippen molar-refractivity contribution < 1.29 is 14.1 Å². The third kappa shape index (κ3) is 4.09. The molecule has 2 N–H and O–H groups in total. The molecule has 0 aliphatic carbocycles. The number of quaternary nitrogens is 1. The van der Waals surface area contributed by atoms with E-state index in [1.54, 1.807) is 0 Å². The third-order valence-corrected chi connectivity index (χ3v) is 5.14. The highest BCUT2D eigenvalue weighted by Crippen LogP contribution is 2.22. The van der Waals surface area contributed by atoms with Crippen LogP contribution in [0.2, 0.25) is 0 Å². The Bertz CT molecular complexity index is 928. The molecular weight excluding hydrogens is 341 g/mol. The summed E-state index contributed by atoms with van der Waals surface area (Å²) >= 11 is 0. The van der Waals surface area contributed by atoms with Crippen LogP contribution in [-0.4, -0.2) is 38.6 Å². The Kier molecular flexibility index (Phi) is 5.03. The molecule has 3 aromatic carbocycles. The maximum absolute atomic E-state index is 13.1. The number of anilines is 2. The molecule has 0 aromatic heterocycles. The van der Waals surface area contributed by atoms with Crippen LogP contribution in [0.1, 0.15) is 0 Å². The summed E-state index contributed by atoms with van der Waals surface area (Å²) in [7, 11) is 0. The van der Waals surface area contributed by atoms with E-state index in [4.69, 9.17) is 0 Å². The number of nitrogens with one attached hydrogen (secondary N) is 2. The molecule has 1 saturated heterocycles. The summed E-state index contributed by atoms with van der Waals surface area (Å²) in [6.45, 7) is 3.96. The molecule has 5 heteroatoms. The van der Waals surface area contributed by atoms with Gasteiger partial charge >= 0.3 is 0 Å². The van der Waals surface area contributed by atoms with Gasteiger partial charge in [0.15, 0.2) is 6.54 Å². The van der Waals surface area contributed by atoms with Gasteiger partial charge in [-0.1, -0.05) is 36.4 Å². The quantitative estimate of drug-likeness (QED) is 0.746. The molecule has 138 valence electrons. The number of carbonyl (C=O) groups excluding carboxylic acids is 1. The second-order valence-electron chi connectivity index (χ2n) is 6.97. The monoisotopic (exact) mass is 364 g/mol. The van der Waals surface area contributed by atoms with Gasteiger partial charge < -0.3 is 15.1 Å². The van der Waals surface area contributed by atoms with Crippen LogP contribution in [0.25, 0.3) is 10.8 Å². The van der Waals surface area contributed by atoms with Gasteiger partial charge in [-0.25, -0.2) is 4.39 Å². The maximum Gasteiger partial charge on any atom is 0.279 e. The number of rotatable bonds is 4. The van der Waals surface area contributed by atoms with Gasteiger partial charge in [-0.2, -0.15) is 0 Å². The van der Waals surface area contributed by atoms with Crippen LogP contribution < -0.4 is 15.1 Å². The van der Waals surface area contributed by atoms with E-state index in [1.165, 1.54) is 17.0 Å². The summed E-state index contributed by atoms with van der Waals surface area (Å²) in [4.78, 5) is 16.0. The van der Waals surface area contributed by atoms with Crippen LogP contribution in [0.5, 0.6) is 0 Å². The topological polar surface area (TPSA) is 36.8 Å². The minimum Gasteiger partial charge on any atom is -0.360 e. The summed E-state index contributed by atoms with van der Waals surface area (Å²) in [6.07, 6.45) is 0. The molecule has 1 fully saturated rings. The Labute approximate surface area is 158 Å². The number of fused-ring (bicyclic) bond motifs is 1. The van der Waals surface area contributed by atoms with Gasteiger partial charge in [0.05, 0.1) is 26.2 Å². The largest absolute Gasteiger partial charge is 0.360 e. The van der Waals surface area contributed by atoms with Crippen LogP contribution in [-0.2, 0) is 4.79 Å².